The molecule has 1 N–H and O–H groups in total. The number of ether oxygens (including phenoxy) is 1. The normalized spacial score (nSPS) is 10.9. The third-order valence-corrected chi connectivity index (χ3v) is 6.92. The largest absolute Gasteiger partial charge is 0.486 e. The van der Waals surface area contributed by atoms with Gasteiger partial charge in [-0.1, -0.05) is 48.2 Å². The maximum Gasteiger partial charge on any atom is 0.332 e. The van der Waals surface area contributed by atoms with Crippen LogP contribution in [0.5, 0.6) is 5.75 Å². The van der Waals surface area contributed by atoms with Crippen LogP contribution in [0.2, 0.25) is 0 Å². The van der Waals surface area contributed by atoms with Gasteiger partial charge in [-0.05, 0) is 42.7 Å². The van der Waals surface area contributed by atoms with Crippen LogP contribution in [-0.2, 0) is 32.0 Å². The Balaban J connectivity index is 1.50. The number of hydrogen-bond acceptors (Lipinski definition) is 7. The molecule has 0 spiro atoms. The summed E-state index contributed by atoms with van der Waals surface area (Å²) in [5, 5.41) is 11.8. The summed E-state index contributed by atoms with van der Waals surface area (Å²) in [6.07, 6.45) is 0. The third kappa shape index (κ3) is 6.18. The highest BCUT2D eigenvalue weighted by Crippen LogP contribution is 2.22. The Morgan fingerprint density at radius 1 is 0.973 bits per heavy atom. The summed E-state index contributed by atoms with van der Waals surface area (Å²) in [6, 6.07) is 17.0. The number of anilines is 1. The number of carbonyl (C=O) groups is 1. The number of benzene rings is 2. The lowest BCUT2D eigenvalue weighted by Crippen LogP contribution is -2.38. The van der Waals surface area contributed by atoms with E-state index in [1.54, 1.807) is 0 Å². The van der Waals surface area contributed by atoms with Gasteiger partial charge in [0.05, 0.1) is 12.3 Å². The molecule has 0 saturated heterocycles. The van der Waals surface area contributed by atoms with Crippen LogP contribution >= 0.6 is 11.8 Å². The molecule has 4 rings (SSSR count). The lowest BCUT2D eigenvalue weighted by atomic mass is 10.1. The predicted octanol–water partition coefficient (Wildman–Crippen LogP) is 2.65. The number of nitrogens with one attached hydrogen (secondary N) is 1. The number of carbonyl (C=O) groups excluding carboxylic acids is 1. The number of amides is 1. The van der Waals surface area contributed by atoms with E-state index in [2.05, 4.69) is 15.5 Å². The molecule has 0 fully saturated rings. The molecule has 0 bridgehead atoms. The summed E-state index contributed by atoms with van der Waals surface area (Å²) < 4.78 is 10.1. The molecule has 4 aromatic rings. The SMILES string of the molecule is Cc1ccc(OCc2nnc(SCC(=O)Nc3cc(=O)n(C)c(=O)n3C)n2Cc2ccccc2)cc1C. The van der Waals surface area contributed by atoms with Crippen molar-refractivity contribution >= 4 is 23.5 Å². The first kappa shape index (κ1) is 26.0. The van der Waals surface area contributed by atoms with E-state index in [1.165, 1.54) is 42.1 Å². The van der Waals surface area contributed by atoms with E-state index in [1.807, 2.05) is 66.9 Å². The molecule has 0 unspecified atom stereocenters. The van der Waals surface area contributed by atoms with Gasteiger partial charge in [0.15, 0.2) is 11.0 Å². The maximum absolute atomic E-state index is 12.7. The molecule has 0 saturated carbocycles. The van der Waals surface area contributed by atoms with Crippen molar-refractivity contribution in [2.75, 3.05) is 11.1 Å². The average Bonchev–Trinajstić information content (AvgIpc) is 3.27. The number of hydrogen-bond donors (Lipinski definition) is 1. The van der Waals surface area contributed by atoms with Crippen LogP contribution in [-0.4, -0.2) is 35.6 Å². The molecule has 10 nitrogen and oxygen atoms in total. The van der Waals surface area contributed by atoms with E-state index in [9.17, 15) is 14.4 Å². The van der Waals surface area contributed by atoms with Crippen molar-refractivity contribution in [1.29, 1.82) is 0 Å². The third-order valence-electron chi connectivity index (χ3n) is 5.95. The average molecular weight is 521 g/mol. The highest BCUT2D eigenvalue weighted by Gasteiger charge is 2.17. The van der Waals surface area contributed by atoms with E-state index in [0.29, 0.717) is 17.5 Å². The summed E-state index contributed by atoms with van der Waals surface area (Å²) >= 11 is 1.21. The number of thioether (sulfide) groups is 1. The Bertz CT molecular complexity index is 1540. The van der Waals surface area contributed by atoms with Gasteiger partial charge in [0.1, 0.15) is 18.2 Å². The van der Waals surface area contributed by atoms with Crippen LogP contribution in [0.1, 0.15) is 22.5 Å². The van der Waals surface area contributed by atoms with Crippen LogP contribution in [0.3, 0.4) is 0 Å². The molecule has 0 radical (unpaired) electrons. The summed E-state index contributed by atoms with van der Waals surface area (Å²) in [5.74, 6) is 1.13. The lowest BCUT2D eigenvalue weighted by molar-refractivity contribution is -0.113. The molecule has 2 aromatic heterocycles. The topological polar surface area (TPSA) is 113 Å². The molecule has 0 aliphatic heterocycles. The van der Waals surface area contributed by atoms with Crippen LogP contribution < -0.4 is 21.3 Å². The van der Waals surface area contributed by atoms with E-state index in [4.69, 9.17) is 4.74 Å². The van der Waals surface area contributed by atoms with Gasteiger partial charge in [0.25, 0.3) is 5.56 Å². The molecule has 2 heterocycles. The Morgan fingerprint density at radius 2 is 1.73 bits per heavy atom. The molecule has 0 atom stereocenters. The quantitative estimate of drug-likeness (QED) is 0.338. The second-order valence-electron chi connectivity index (χ2n) is 8.61. The van der Waals surface area contributed by atoms with Gasteiger partial charge >= 0.3 is 5.69 Å². The zero-order valence-corrected chi connectivity index (χ0v) is 21.9. The van der Waals surface area contributed by atoms with Gasteiger partial charge in [-0.15, -0.1) is 10.2 Å². The fourth-order valence-corrected chi connectivity index (χ4v) is 4.33. The summed E-state index contributed by atoms with van der Waals surface area (Å²) in [7, 11) is 2.87. The fraction of sp³-hybridized carbons (Fsp3) is 0.269. The van der Waals surface area contributed by atoms with Crippen LogP contribution in [0.4, 0.5) is 5.82 Å². The van der Waals surface area contributed by atoms with Gasteiger partial charge in [0, 0.05) is 20.2 Å². The lowest BCUT2D eigenvalue weighted by Gasteiger charge is -2.13. The number of aromatic nitrogens is 5. The van der Waals surface area contributed by atoms with Gasteiger partial charge < -0.3 is 10.1 Å². The molecular formula is C26H28N6O4S. The Hall–Kier alpha value is -4.12. The second kappa shape index (κ2) is 11.3. The number of aryl methyl sites for hydroxylation is 2. The first-order chi connectivity index (χ1) is 17.7. The van der Waals surface area contributed by atoms with Crippen molar-refractivity contribution in [1.82, 2.24) is 23.9 Å². The Morgan fingerprint density at radius 3 is 2.46 bits per heavy atom. The molecule has 0 aliphatic carbocycles. The molecule has 1 amide bonds. The van der Waals surface area contributed by atoms with Crippen molar-refractivity contribution in [3.8, 4) is 5.75 Å². The minimum absolute atomic E-state index is 0.00827. The van der Waals surface area contributed by atoms with Crippen LogP contribution in [0.25, 0.3) is 0 Å². The zero-order valence-electron chi connectivity index (χ0n) is 21.1. The summed E-state index contributed by atoms with van der Waals surface area (Å²) in [5.41, 5.74) is 2.36. The van der Waals surface area contributed by atoms with Crippen molar-refractivity contribution in [2.24, 2.45) is 14.1 Å². The number of nitrogens with zero attached hydrogens (tertiary/aromatic N) is 5. The predicted molar refractivity (Wildman–Crippen MR) is 142 cm³/mol. The van der Waals surface area contributed by atoms with Crippen molar-refractivity contribution in [3.63, 3.8) is 0 Å². The monoisotopic (exact) mass is 520 g/mol. The molecule has 2 aromatic carbocycles. The maximum atomic E-state index is 12.7. The Kier molecular flexibility index (Phi) is 7.92. The van der Waals surface area contributed by atoms with E-state index >= 15 is 0 Å². The van der Waals surface area contributed by atoms with Crippen molar-refractivity contribution in [2.45, 2.75) is 32.2 Å². The number of rotatable bonds is 9. The van der Waals surface area contributed by atoms with Gasteiger partial charge in [-0.2, -0.15) is 0 Å². The van der Waals surface area contributed by atoms with Crippen LogP contribution in [0.15, 0.2) is 69.3 Å². The minimum Gasteiger partial charge on any atom is -0.486 e. The van der Waals surface area contributed by atoms with Crippen molar-refractivity contribution in [3.05, 3.63) is 98.0 Å². The summed E-state index contributed by atoms with van der Waals surface area (Å²) in [6.45, 7) is 4.80. The van der Waals surface area contributed by atoms with Gasteiger partial charge in [0.2, 0.25) is 5.91 Å². The highest BCUT2D eigenvalue weighted by molar-refractivity contribution is 7.99. The molecular weight excluding hydrogens is 492 g/mol. The molecule has 11 heteroatoms. The van der Waals surface area contributed by atoms with Crippen molar-refractivity contribution < 1.29 is 9.53 Å². The van der Waals surface area contributed by atoms with E-state index in [0.717, 1.165) is 21.4 Å². The van der Waals surface area contributed by atoms with E-state index in [-0.39, 0.29) is 24.1 Å². The Labute approximate surface area is 217 Å². The van der Waals surface area contributed by atoms with Crippen LogP contribution in [0, 0.1) is 13.8 Å². The molecule has 37 heavy (non-hydrogen) atoms. The van der Waals surface area contributed by atoms with E-state index < -0.39 is 11.2 Å². The minimum atomic E-state index is -0.522. The second-order valence-corrected chi connectivity index (χ2v) is 9.55. The fourth-order valence-electron chi connectivity index (χ4n) is 3.57. The summed E-state index contributed by atoms with van der Waals surface area (Å²) in [4.78, 5) is 36.7. The van der Waals surface area contributed by atoms with Gasteiger partial charge in [-0.3, -0.25) is 23.3 Å². The molecule has 0 aliphatic rings. The zero-order chi connectivity index (χ0) is 26.5. The first-order valence-corrected chi connectivity index (χ1v) is 12.6. The smallest absolute Gasteiger partial charge is 0.332 e. The standard InChI is InChI=1S/C26H28N6O4S/c1-17-10-11-20(12-18(17)2)36-15-22-28-29-25(32(22)14-19-8-6-5-7-9-19)37-16-23(33)27-21-13-24(34)31(4)26(35)30(21)3/h5-13H,14-16H2,1-4H3,(H,27,33). The van der Waals surface area contributed by atoms with Gasteiger partial charge in [-0.25, -0.2) is 4.79 Å². The highest BCUT2D eigenvalue weighted by atomic mass is 32.2. The molecule has 192 valence electrons. The first-order valence-electron chi connectivity index (χ1n) is 11.6.